The van der Waals surface area contributed by atoms with E-state index in [9.17, 15) is 9.90 Å². The van der Waals surface area contributed by atoms with Gasteiger partial charge in [-0.25, -0.2) is 4.79 Å². The van der Waals surface area contributed by atoms with Gasteiger partial charge < -0.3 is 15.3 Å². The molecule has 1 aromatic heterocycles. The first-order chi connectivity index (χ1) is 7.28. The molecule has 90 valence electrons. The topological polar surface area (TPSA) is 70.4 Å². The molecule has 6 heteroatoms. The van der Waals surface area contributed by atoms with E-state index < -0.39 is 5.60 Å². The van der Waals surface area contributed by atoms with E-state index in [1.807, 2.05) is 0 Å². The minimum absolute atomic E-state index is 0.263. The van der Waals surface area contributed by atoms with Gasteiger partial charge in [0.15, 0.2) is 0 Å². The molecule has 0 radical (unpaired) electrons. The number of nitrogens with zero attached hydrogens (tertiary/aromatic N) is 3. The Balaban J connectivity index is 2.52. The predicted molar refractivity (Wildman–Crippen MR) is 61.2 cm³/mol. The first-order valence-electron chi connectivity index (χ1n) is 5.01. The number of aryl methyl sites for hydroxylation is 1. The van der Waals surface area contributed by atoms with Crippen LogP contribution in [0.15, 0.2) is 12.4 Å². The van der Waals surface area contributed by atoms with Gasteiger partial charge in [0.05, 0.1) is 24.0 Å². The van der Waals surface area contributed by atoms with Crippen LogP contribution >= 0.6 is 0 Å². The second-order valence-corrected chi connectivity index (χ2v) is 4.50. The van der Waals surface area contributed by atoms with Crippen LogP contribution in [0.5, 0.6) is 0 Å². The third-order valence-electron chi connectivity index (χ3n) is 1.93. The van der Waals surface area contributed by atoms with Crippen molar-refractivity contribution in [3.05, 3.63) is 12.4 Å². The maximum atomic E-state index is 11.7. The van der Waals surface area contributed by atoms with Crippen LogP contribution in [0.1, 0.15) is 13.8 Å². The van der Waals surface area contributed by atoms with Gasteiger partial charge in [-0.05, 0) is 13.8 Å². The van der Waals surface area contributed by atoms with Crippen molar-refractivity contribution in [2.24, 2.45) is 7.05 Å². The number of anilines is 1. The molecule has 0 unspecified atom stereocenters. The zero-order valence-electron chi connectivity index (χ0n) is 10.1. The molecule has 0 saturated heterocycles. The molecule has 0 aromatic carbocycles. The molecule has 0 aliphatic carbocycles. The molecule has 0 atom stereocenters. The van der Waals surface area contributed by atoms with Gasteiger partial charge in [0.25, 0.3) is 0 Å². The molecule has 0 aliphatic rings. The van der Waals surface area contributed by atoms with E-state index in [0.717, 1.165) is 0 Å². The molecule has 1 rings (SSSR count). The fourth-order valence-electron chi connectivity index (χ4n) is 1.36. The lowest BCUT2D eigenvalue weighted by Gasteiger charge is -2.25. The van der Waals surface area contributed by atoms with Crippen LogP contribution in [-0.2, 0) is 7.05 Å². The van der Waals surface area contributed by atoms with Crippen molar-refractivity contribution in [3.63, 3.8) is 0 Å². The minimum atomic E-state index is -0.902. The van der Waals surface area contributed by atoms with E-state index in [-0.39, 0.29) is 12.6 Å². The molecule has 0 aliphatic heterocycles. The van der Waals surface area contributed by atoms with E-state index in [1.54, 1.807) is 45.0 Å². The van der Waals surface area contributed by atoms with E-state index in [4.69, 9.17) is 0 Å². The summed E-state index contributed by atoms with van der Waals surface area (Å²) in [5, 5.41) is 16.2. The van der Waals surface area contributed by atoms with Crippen LogP contribution in [0.25, 0.3) is 0 Å². The molecule has 0 spiro atoms. The Morgan fingerprint density at radius 3 is 2.75 bits per heavy atom. The molecule has 0 bridgehead atoms. The number of urea groups is 1. The zero-order chi connectivity index (χ0) is 12.3. The average Bonchev–Trinajstić information content (AvgIpc) is 2.48. The number of carbonyl (C=O) groups excluding carboxylic acids is 1. The van der Waals surface area contributed by atoms with Crippen LogP contribution in [-0.4, -0.2) is 45.0 Å². The van der Waals surface area contributed by atoms with E-state index in [2.05, 4.69) is 10.4 Å². The van der Waals surface area contributed by atoms with Crippen molar-refractivity contribution >= 4 is 11.7 Å². The van der Waals surface area contributed by atoms with Crippen LogP contribution in [0, 0.1) is 0 Å². The fourth-order valence-corrected chi connectivity index (χ4v) is 1.36. The smallest absolute Gasteiger partial charge is 0.321 e. The van der Waals surface area contributed by atoms with Crippen molar-refractivity contribution in [1.29, 1.82) is 0 Å². The Kier molecular flexibility index (Phi) is 3.54. The Morgan fingerprint density at radius 1 is 1.69 bits per heavy atom. The number of rotatable bonds is 3. The maximum Gasteiger partial charge on any atom is 0.321 e. The van der Waals surface area contributed by atoms with Gasteiger partial charge in [-0.15, -0.1) is 0 Å². The van der Waals surface area contributed by atoms with Crippen molar-refractivity contribution in [2.45, 2.75) is 19.4 Å². The van der Waals surface area contributed by atoms with E-state index in [0.29, 0.717) is 5.69 Å². The van der Waals surface area contributed by atoms with Crippen LogP contribution in [0.3, 0.4) is 0 Å². The molecule has 2 amide bonds. The summed E-state index contributed by atoms with van der Waals surface area (Å²) in [5.41, 5.74) is -0.267. The second kappa shape index (κ2) is 4.52. The summed E-state index contributed by atoms with van der Waals surface area (Å²) in [6.07, 6.45) is 3.27. The highest BCUT2D eigenvalue weighted by Crippen LogP contribution is 2.07. The molecule has 2 N–H and O–H groups in total. The standard InChI is InChI=1S/C10H18N4O2/c1-10(2,16)7-13(3)9(15)12-8-5-11-14(4)6-8/h5-6,16H,7H2,1-4H3,(H,12,15). The van der Waals surface area contributed by atoms with Crippen LogP contribution in [0.4, 0.5) is 10.5 Å². The SMILES string of the molecule is CN(CC(C)(C)O)C(=O)Nc1cnn(C)c1. The van der Waals surface area contributed by atoms with Crippen molar-refractivity contribution < 1.29 is 9.90 Å². The lowest BCUT2D eigenvalue weighted by atomic mass is 10.1. The average molecular weight is 226 g/mol. The quantitative estimate of drug-likeness (QED) is 0.795. The Morgan fingerprint density at radius 2 is 2.31 bits per heavy atom. The monoisotopic (exact) mass is 226 g/mol. The third kappa shape index (κ3) is 3.90. The highest BCUT2D eigenvalue weighted by atomic mass is 16.3. The van der Waals surface area contributed by atoms with Gasteiger partial charge in [-0.3, -0.25) is 4.68 Å². The predicted octanol–water partition coefficient (Wildman–Crippen LogP) is 0.655. The first-order valence-corrected chi connectivity index (χ1v) is 5.01. The summed E-state index contributed by atoms with van der Waals surface area (Å²) < 4.78 is 1.60. The van der Waals surface area contributed by atoms with Crippen molar-refractivity contribution in [3.8, 4) is 0 Å². The lowest BCUT2D eigenvalue weighted by molar-refractivity contribution is 0.0550. The van der Waals surface area contributed by atoms with Gasteiger partial charge in [0.1, 0.15) is 0 Å². The summed E-state index contributed by atoms with van der Waals surface area (Å²) in [7, 11) is 3.40. The number of amides is 2. The number of aliphatic hydroxyl groups is 1. The summed E-state index contributed by atoms with van der Waals surface area (Å²) >= 11 is 0. The molecule has 6 nitrogen and oxygen atoms in total. The summed E-state index contributed by atoms with van der Waals surface area (Å²) in [4.78, 5) is 13.1. The number of hydrogen-bond acceptors (Lipinski definition) is 3. The summed E-state index contributed by atoms with van der Waals surface area (Å²) in [5.74, 6) is 0. The number of hydrogen-bond donors (Lipinski definition) is 2. The van der Waals surface area contributed by atoms with E-state index >= 15 is 0 Å². The van der Waals surface area contributed by atoms with Crippen LogP contribution < -0.4 is 5.32 Å². The number of carbonyl (C=O) groups is 1. The third-order valence-corrected chi connectivity index (χ3v) is 1.93. The Hall–Kier alpha value is -1.56. The molecule has 16 heavy (non-hydrogen) atoms. The van der Waals surface area contributed by atoms with Crippen LogP contribution in [0.2, 0.25) is 0 Å². The molecule has 1 aromatic rings. The van der Waals surface area contributed by atoms with Gasteiger partial charge in [0.2, 0.25) is 0 Å². The number of aromatic nitrogens is 2. The van der Waals surface area contributed by atoms with Gasteiger partial charge in [0, 0.05) is 20.3 Å². The van der Waals surface area contributed by atoms with Gasteiger partial charge >= 0.3 is 6.03 Å². The maximum absolute atomic E-state index is 11.7. The molecular weight excluding hydrogens is 208 g/mol. The van der Waals surface area contributed by atoms with Crippen molar-refractivity contribution in [2.75, 3.05) is 18.9 Å². The molecule has 0 fully saturated rings. The van der Waals surface area contributed by atoms with Gasteiger partial charge in [-0.2, -0.15) is 5.10 Å². The fraction of sp³-hybridized carbons (Fsp3) is 0.600. The molecule has 1 heterocycles. The van der Waals surface area contributed by atoms with Crippen molar-refractivity contribution in [1.82, 2.24) is 14.7 Å². The minimum Gasteiger partial charge on any atom is -0.389 e. The summed E-state index contributed by atoms with van der Waals surface area (Å²) in [6.45, 7) is 3.57. The Labute approximate surface area is 94.9 Å². The first kappa shape index (κ1) is 12.5. The largest absolute Gasteiger partial charge is 0.389 e. The summed E-state index contributed by atoms with van der Waals surface area (Å²) in [6, 6.07) is -0.268. The highest BCUT2D eigenvalue weighted by Gasteiger charge is 2.19. The van der Waals surface area contributed by atoms with E-state index in [1.165, 1.54) is 4.90 Å². The molecular formula is C10H18N4O2. The zero-order valence-corrected chi connectivity index (χ0v) is 10.1. The lowest BCUT2D eigenvalue weighted by Crippen LogP contribution is -2.41. The molecule has 0 saturated carbocycles. The number of likely N-dealkylation sites (N-methyl/N-ethyl adjacent to an activating group) is 1. The highest BCUT2D eigenvalue weighted by molar-refractivity contribution is 5.88. The van der Waals surface area contributed by atoms with Gasteiger partial charge in [-0.1, -0.05) is 0 Å². The number of nitrogens with one attached hydrogen (secondary N) is 1. The Bertz CT molecular complexity index is 367. The second-order valence-electron chi connectivity index (χ2n) is 4.50. The normalized spacial score (nSPS) is 11.3.